The Morgan fingerprint density at radius 3 is 1.51 bits per heavy atom. The number of aliphatic hydroxyl groups excluding tert-OH is 3. The second-order valence-corrected chi connectivity index (χ2v) is 11.6. The van der Waals surface area contributed by atoms with Crippen molar-refractivity contribution < 1.29 is 54.3 Å². The number of hydrogen-bond donors (Lipinski definition) is 3. The van der Waals surface area contributed by atoms with Crippen molar-refractivity contribution in [3.63, 3.8) is 0 Å². The van der Waals surface area contributed by atoms with Gasteiger partial charge in [-0.3, -0.25) is 14.4 Å². The van der Waals surface area contributed by atoms with E-state index in [0.29, 0.717) is 0 Å². The Bertz CT molecular complexity index is 818. The molecule has 0 fully saturated rings. The van der Waals surface area contributed by atoms with E-state index in [4.69, 9.17) is 40.3 Å². The number of ether oxygens (including phenoxy) is 2. The number of nitrogens with zero attached hydrogens (tertiary/aromatic N) is 3. The van der Waals surface area contributed by atoms with Gasteiger partial charge in [0.1, 0.15) is 11.8 Å². The molecule has 11 nitrogen and oxygen atoms in total. The summed E-state index contributed by atoms with van der Waals surface area (Å²) in [5.74, 6) is -1.54. The molecule has 0 aliphatic rings. The van der Waals surface area contributed by atoms with Crippen LogP contribution >= 0.6 is 19.4 Å². The van der Waals surface area contributed by atoms with Gasteiger partial charge in [0.2, 0.25) is 0 Å². The number of esters is 2. The molecule has 2 atom stereocenters. The summed E-state index contributed by atoms with van der Waals surface area (Å²) < 4.78 is 8.64. The Labute approximate surface area is 234 Å². The molecular weight excluding hydrogens is 618 g/mol. The number of aliphatic hydroxyl groups is 3. The van der Waals surface area contributed by atoms with Crippen LogP contribution < -0.4 is 0 Å². The molecule has 0 aromatic rings. The second-order valence-electron chi connectivity index (χ2n) is 8.95. The van der Waals surface area contributed by atoms with E-state index >= 15 is 0 Å². The van der Waals surface area contributed by atoms with Crippen LogP contribution in [0.4, 0.5) is 0 Å². The van der Waals surface area contributed by atoms with E-state index in [9.17, 15) is 24.6 Å². The molecule has 0 aliphatic carbocycles. The number of Topliss-reactive ketones (excluding diaryl/α,β-unsaturated/α-hetero) is 1. The standard InChI is InChI=1S/C8H13NO3.C8H11NO3.C7H13NO2.2ClH.Ru/c2*1-8(2,5-9)6(10)4-7(11)12-3;1-7(2,5-8)6(10)3-4-9;;;/h6,10H,4H2,1-3H3;4H2,1-3H3;6,9-10H,3-4H2,1-2H3;2*1H;/q;;;;;+2/p-2/t6-;;6-;;;/m0.0.../s1. The molecule has 0 saturated heterocycles. The zero-order valence-corrected chi connectivity index (χ0v) is 25.6. The molecule has 3 N–H and O–H groups in total. The van der Waals surface area contributed by atoms with Crippen molar-refractivity contribution >= 4 is 37.1 Å². The fraction of sp³-hybridized carbons (Fsp3) is 0.739. The predicted molar refractivity (Wildman–Crippen MR) is 132 cm³/mol. The maximum atomic E-state index is 11.1. The number of hydrogen-bond acceptors (Lipinski definition) is 11. The molecule has 0 bridgehead atoms. The Kier molecular flexibility index (Phi) is 25.3. The quantitative estimate of drug-likeness (QED) is 0.187. The molecule has 0 spiro atoms. The van der Waals surface area contributed by atoms with Gasteiger partial charge >= 0.3 is 46.5 Å². The summed E-state index contributed by atoms with van der Waals surface area (Å²) in [5, 5.41) is 52.6. The van der Waals surface area contributed by atoms with Crippen LogP contribution in [-0.4, -0.2) is 66.1 Å². The third-order valence-corrected chi connectivity index (χ3v) is 4.74. The van der Waals surface area contributed by atoms with Crippen molar-refractivity contribution in [1.82, 2.24) is 0 Å². The average Bonchev–Trinajstić information content (AvgIpc) is 2.84. The molecule has 37 heavy (non-hydrogen) atoms. The van der Waals surface area contributed by atoms with Crippen molar-refractivity contribution in [3.8, 4) is 18.2 Å². The van der Waals surface area contributed by atoms with Crippen molar-refractivity contribution in [3.05, 3.63) is 0 Å². The van der Waals surface area contributed by atoms with E-state index in [1.165, 1.54) is 28.1 Å². The monoisotopic (exact) mass is 655 g/mol. The number of carbonyl (C=O) groups excluding carboxylic acids is 3. The SMILES string of the molecule is CC(C)(C#N)[C@@H](O)CCO.COC(=O)CC(=O)C(C)(C)C#N.COC(=O)C[C@H](O)C(C)(C)C#N.[Cl][Ru][Cl]. The van der Waals surface area contributed by atoms with E-state index in [2.05, 4.69) is 9.47 Å². The third kappa shape index (κ3) is 21.9. The van der Waals surface area contributed by atoms with Crippen LogP contribution in [0.1, 0.15) is 60.8 Å². The van der Waals surface area contributed by atoms with Crippen molar-refractivity contribution in [2.75, 3.05) is 20.8 Å². The summed E-state index contributed by atoms with van der Waals surface area (Å²) in [4.78, 5) is 32.5. The number of carbonyl (C=O) groups is 3. The van der Waals surface area contributed by atoms with E-state index in [1.807, 2.05) is 18.2 Å². The van der Waals surface area contributed by atoms with Gasteiger partial charge in [-0.15, -0.1) is 0 Å². The topological polar surface area (TPSA) is 202 Å². The van der Waals surface area contributed by atoms with Crippen LogP contribution in [0.25, 0.3) is 0 Å². The molecule has 0 aliphatic heterocycles. The van der Waals surface area contributed by atoms with Crippen molar-refractivity contribution in [2.24, 2.45) is 16.2 Å². The van der Waals surface area contributed by atoms with E-state index < -0.39 is 46.2 Å². The molecule has 0 unspecified atom stereocenters. The summed E-state index contributed by atoms with van der Waals surface area (Å²) in [7, 11) is 12.2. The normalized spacial score (nSPS) is 12.1. The molecule has 0 amide bonds. The first kappa shape index (κ1) is 42.3. The Morgan fingerprint density at radius 1 is 0.838 bits per heavy atom. The Balaban J connectivity index is -0.000000210. The fourth-order valence-corrected chi connectivity index (χ4v) is 1.62. The molecule has 0 saturated carbocycles. The van der Waals surface area contributed by atoms with Gasteiger partial charge in [-0.05, 0) is 48.0 Å². The van der Waals surface area contributed by atoms with Crippen LogP contribution in [0.15, 0.2) is 0 Å². The number of rotatable bonds is 9. The van der Waals surface area contributed by atoms with Gasteiger partial charge in [0.15, 0.2) is 5.78 Å². The average molecular weight is 656 g/mol. The van der Waals surface area contributed by atoms with Crippen LogP contribution in [0.3, 0.4) is 0 Å². The predicted octanol–water partition coefficient (Wildman–Crippen LogP) is 2.78. The van der Waals surface area contributed by atoms with E-state index in [1.54, 1.807) is 27.7 Å². The van der Waals surface area contributed by atoms with Gasteiger partial charge in [-0.2, -0.15) is 15.8 Å². The number of halogens is 2. The minimum absolute atomic E-state index is 0.0771. The summed E-state index contributed by atoms with van der Waals surface area (Å²) in [5.41, 5.74) is -2.76. The number of nitriles is 3. The zero-order chi connectivity index (χ0) is 30.5. The van der Waals surface area contributed by atoms with Gasteiger partial charge in [0.25, 0.3) is 0 Å². The molecule has 0 heterocycles. The van der Waals surface area contributed by atoms with Gasteiger partial charge in [-0.1, -0.05) is 0 Å². The summed E-state index contributed by atoms with van der Waals surface area (Å²) in [6.45, 7) is 9.30. The van der Waals surface area contributed by atoms with Crippen molar-refractivity contribution in [2.45, 2.75) is 73.0 Å². The maximum absolute atomic E-state index is 11.1. The number of ketones is 1. The first-order chi connectivity index (χ1) is 16.8. The third-order valence-electron chi connectivity index (χ3n) is 4.74. The minimum atomic E-state index is -1.10. The molecule has 214 valence electrons. The second kappa shape index (κ2) is 22.2. The Morgan fingerprint density at radius 2 is 1.22 bits per heavy atom. The van der Waals surface area contributed by atoms with Crippen LogP contribution in [0, 0.1) is 50.2 Å². The molecule has 0 rings (SSSR count). The van der Waals surface area contributed by atoms with Crippen LogP contribution in [-0.2, 0) is 39.0 Å². The fourth-order valence-electron chi connectivity index (χ4n) is 1.62. The molecular formula is C23H37Cl2N3O8Ru. The molecule has 0 aromatic heterocycles. The van der Waals surface area contributed by atoms with E-state index in [-0.39, 0.29) is 41.0 Å². The molecule has 0 aromatic carbocycles. The first-order valence-electron chi connectivity index (χ1n) is 10.6. The zero-order valence-electron chi connectivity index (χ0n) is 22.3. The summed E-state index contributed by atoms with van der Waals surface area (Å²) >= 11 is -0.346. The Hall–Kier alpha value is -1.84. The first-order valence-corrected chi connectivity index (χ1v) is 15.0. The van der Waals surface area contributed by atoms with E-state index in [0.717, 1.165) is 0 Å². The van der Waals surface area contributed by atoms with Gasteiger partial charge < -0.3 is 24.8 Å². The van der Waals surface area contributed by atoms with Crippen molar-refractivity contribution in [1.29, 1.82) is 15.8 Å². The van der Waals surface area contributed by atoms with Gasteiger partial charge in [0.05, 0.1) is 61.9 Å². The van der Waals surface area contributed by atoms with Gasteiger partial charge in [0, 0.05) is 6.61 Å². The summed E-state index contributed by atoms with van der Waals surface area (Å²) in [6, 6.07) is 5.69. The summed E-state index contributed by atoms with van der Waals surface area (Å²) in [6.07, 6.45) is -1.92. The molecule has 0 radical (unpaired) electrons. The number of methoxy groups -OCH3 is 2. The molecule has 14 heteroatoms. The van der Waals surface area contributed by atoms with Crippen LogP contribution in [0.5, 0.6) is 0 Å². The van der Waals surface area contributed by atoms with Gasteiger partial charge in [-0.25, -0.2) is 0 Å². The van der Waals surface area contributed by atoms with Crippen LogP contribution in [0.2, 0.25) is 0 Å².